The summed E-state index contributed by atoms with van der Waals surface area (Å²) in [5.41, 5.74) is 0. The molecule has 0 aliphatic heterocycles. The molecular formula is C77H153NO5. The quantitative estimate of drug-likeness (QED) is 0.0308. The van der Waals surface area contributed by atoms with Crippen molar-refractivity contribution < 1.29 is 25.2 Å². The van der Waals surface area contributed by atoms with Crippen LogP contribution in [0.2, 0.25) is 0 Å². The zero-order valence-corrected chi connectivity index (χ0v) is 56.7. The molecule has 0 aromatic carbocycles. The Morgan fingerprint density at radius 1 is 0.289 bits per heavy atom. The molecule has 4 unspecified atom stereocenters. The fraction of sp³-hybridized carbons (Fsp3) is 0.961. The lowest BCUT2D eigenvalue weighted by atomic mass is 10.00. The summed E-state index contributed by atoms with van der Waals surface area (Å²) in [5, 5.41) is 44.3. The van der Waals surface area contributed by atoms with Crippen LogP contribution in [0.15, 0.2) is 12.2 Å². The second-order valence-corrected chi connectivity index (χ2v) is 27.1. The van der Waals surface area contributed by atoms with Crippen LogP contribution in [0.5, 0.6) is 0 Å². The number of nitrogens with one attached hydrogen (secondary N) is 1. The lowest BCUT2D eigenvalue weighted by molar-refractivity contribution is -0.132. The van der Waals surface area contributed by atoms with E-state index < -0.39 is 36.9 Å². The van der Waals surface area contributed by atoms with Crippen molar-refractivity contribution in [1.82, 2.24) is 5.32 Å². The zero-order chi connectivity index (χ0) is 60.1. The number of aliphatic hydroxyl groups excluding tert-OH is 4. The molecule has 0 aliphatic rings. The molecule has 0 saturated heterocycles. The maximum absolute atomic E-state index is 12.7. The minimum absolute atomic E-state index is 0.369. The van der Waals surface area contributed by atoms with E-state index in [0.29, 0.717) is 12.8 Å². The number of amides is 1. The van der Waals surface area contributed by atoms with Crippen LogP contribution in [0, 0.1) is 0 Å². The third-order valence-electron chi connectivity index (χ3n) is 18.7. The molecule has 0 rings (SSSR count). The maximum atomic E-state index is 12.7. The van der Waals surface area contributed by atoms with Gasteiger partial charge in [0, 0.05) is 0 Å². The molecule has 6 nitrogen and oxygen atoms in total. The van der Waals surface area contributed by atoms with Crippen molar-refractivity contribution >= 4 is 5.91 Å². The molecule has 1 amide bonds. The first-order valence-electron chi connectivity index (χ1n) is 38.6. The number of carbonyl (C=O) groups is 1. The van der Waals surface area contributed by atoms with Crippen molar-refractivity contribution in [3.63, 3.8) is 0 Å². The van der Waals surface area contributed by atoms with Gasteiger partial charge in [0.2, 0.25) is 5.91 Å². The van der Waals surface area contributed by atoms with Crippen LogP contribution < -0.4 is 5.32 Å². The lowest BCUT2D eigenvalue weighted by Gasteiger charge is -2.27. The number of allylic oxidation sites excluding steroid dienone is 2. The van der Waals surface area contributed by atoms with Crippen LogP contribution in [0.3, 0.4) is 0 Å². The van der Waals surface area contributed by atoms with Gasteiger partial charge in [0.1, 0.15) is 12.2 Å². The summed E-state index contributed by atoms with van der Waals surface area (Å²) in [5.74, 6) is -0.583. The number of carbonyl (C=O) groups excluding carboxylic acids is 1. The van der Waals surface area contributed by atoms with Gasteiger partial charge in [0.15, 0.2) is 0 Å². The van der Waals surface area contributed by atoms with Gasteiger partial charge in [-0.2, -0.15) is 0 Å². The molecule has 0 radical (unpaired) electrons. The van der Waals surface area contributed by atoms with E-state index >= 15 is 0 Å². The Kier molecular flexibility index (Phi) is 71.0. The van der Waals surface area contributed by atoms with Gasteiger partial charge >= 0.3 is 0 Å². The molecule has 5 N–H and O–H groups in total. The van der Waals surface area contributed by atoms with Gasteiger partial charge < -0.3 is 25.7 Å². The summed E-state index contributed by atoms with van der Waals surface area (Å²) < 4.78 is 0. The average molecular weight is 1170 g/mol. The summed E-state index contributed by atoms with van der Waals surface area (Å²) in [6.45, 7) is 4.11. The summed E-state index contributed by atoms with van der Waals surface area (Å²) in [7, 11) is 0. The predicted molar refractivity (Wildman–Crippen MR) is 367 cm³/mol. The molecule has 0 saturated carbocycles. The first-order valence-corrected chi connectivity index (χ1v) is 38.6. The average Bonchev–Trinajstić information content (AvgIpc) is 3.54. The molecule has 496 valence electrons. The van der Waals surface area contributed by atoms with Gasteiger partial charge in [-0.15, -0.1) is 0 Å². The first-order chi connectivity index (χ1) is 41.0. The molecule has 0 heterocycles. The fourth-order valence-electron chi connectivity index (χ4n) is 12.8. The number of hydrogen-bond donors (Lipinski definition) is 5. The molecular weight excluding hydrogens is 1020 g/mol. The summed E-state index contributed by atoms with van der Waals surface area (Å²) in [6, 6.07) is -1.00. The van der Waals surface area contributed by atoms with E-state index in [4.69, 9.17) is 0 Å². The molecule has 6 heteroatoms. The minimum atomic E-state index is -1.28. The van der Waals surface area contributed by atoms with Crippen molar-refractivity contribution in [1.29, 1.82) is 0 Å². The SMILES string of the molecule is CCCCCCCCCCCCCCCCCCCCCCCCCC/C=C/CCCC(O)C(O)C(CO)NC(=O)C(O)CCCCCCCCCCCCCCCCCCCCCCCCCCCCCCCCCCCCCCCC. The van der Waals surface area contributed by atoms with E-state index in [2.05, 4.69) is 31.3 Å². The van der Waals surface area contributed by atoms with E-state index in [1.54, 1.807) is 0 Å². The largest absolute Gasteiger partial charge is 0.394 e. The Balaban J connectivity index is 3.49. The van der Waals surface area contributed by atoms with Gasteiger partial charge in [0.25, 0.3) is 0 Å². The minimum Gasteiger partial charge on any atom is -0.394 e. The maximum Gasteiger partial charge on any atom is 0.249 e. The van der Waals surface area contributed by atoms with E-state index in [0.717, 1.165) is 38.5 Å². The Labute approximate surface area is 521 Å². The van der Waals surface area contributed by atoms with Crippen molar-refractivity contribution in [2.24, 2.45) is 0 Å². The molecule has 0 aromatic rings. The van der Waals surface area contributed by atoms with E-state index in [1.807, 2.05) is 0 Å². The molecule has 83 heavy (non-hydrogen) atoms. The molecule has 0 bridgehead atoms. The monoisotopic (exact) mass is 1170 g/mol. The number of unbranched alkanes of at least 4 members (excludes halogenated alkanes) is 62. The van der Waals surface area contributed by atoms with E-state index in [9.17, 15) is 25.2 Å². The van der Waals surface area contributed by atoms with Gasteiger partial charge in [-0.05, 0) is 38.5 Å². The van der Waals surface area contributed by atoms with Crippen LogP contribution in [0.25, 0.3) is 0 Å². The highest BCUT2D eigenvalue weighted by molar-refractivity contribution is 5.80. The van der Waals surface area contributed by atoms with Crippen LogP contribution in [-0.4, -0.2) is 57.3 Å². The highest BCUT2D eigenvalue weighted by atomic mass is 16.3. The van der Waals surface area contributed by atoms with Gasteiger partial charge in [-0.1, -0.05) is 418 Å². The summed E-state index contributed by atoms with van der Waals surface area (Å²) >= 11 is 0. The highest BCUT2D eigenvalue weighted by Crippen LogP contribution is 2.21. The Hall–Kier alpha value is -0.950. The Morgan fingerprint density at radius 2 is 0.494 bits per heavy atom. The molecule has 0 aliphatic carbocycles. The zero-order valence-electron chi connectivity index (χ0n) is 56.7. The summed E-state index contributed by atoms with van der Waals surface area (Å²) in [6.07, 6.45) is 91.0. The first kappa shape index (κ1) is 82.0. The van der Waals surface area contributed by atoms with Crippen LogP contribution in [0.1, 0.15) is 444 Å². The second kappa shape index (κ2) is 71.8. The van der Waals surface area contributed by atoms with Crippen molar-refractivity contribution in [2.45, 2.75) is 468 Å². The third kappa shape index (κ3) is 65.3. The smallest absolute Gasteiger partial charge is 0.249 e. The topological polar surface area (TPSA) is 110 Å². The highest BCUT2D eigenvalue weighted by Gasteiger charge is 2.28. The predicted octanol–water partition coefficient (Wildman–Crippen LogP) is 24.3. The normalized spacial score (nSPS) is 13.4. The van der Waals surface area contributed by atoms with Crippen molar-refractivity contribution in [3.05, 3.63) is 12.2 Å². The van der Waals surface area contributed by atoms with Gasteiger partial charge in [-0.25, -0.2) is 0 Å². The fourth-order valence-corrected chi connectivity index (χ4v) is 12.8. The van der Waals surface area contributed by atoms with E-state index in [-0.39, 0.29) is 0 Å². The van der Waals surface area contributed by atoms with Crippen LogP contribution in [-0.2, 0) is 4.79 Å². The molecule has 0 spiro atoms. The van der Waals surface area contributed by atoms with E-state index in [1.165, 1.54) is 379 Å². The Bertz CT molecular complexity index is 1230. The van der Waals surface area contributed by atoms with Crippen molar-refractivity contribution in [3.8, 4) is 0 Å². The number of aliphatic hydroxyl groups is 4. The molecule has 0 aromatic heterocycles. The third-order valence-corrected chi connectivity index (χ3v) is 18.7. The van der Waals surface area contributed by atoms with Gasteiger partial charge in [-0.3, -0.25) is 4.79 Å². The van der Waals surface area contributed by atoms with Crippen LogP contribution in [0.4, 0.5) is 0 Å². The molecule has 0 fully saturated rings. The number of rotatable bonds is 73. The molecule has 4 atom stereocenters. The standard InChI is InChI=1S/C77H153NO5/c1-3-5-7-9-11-13-15-17-19-21-23-25-27-29-31-33-34-35-36-37-38-39-40-41-43-45-47-49-51-53-55-57-59-61-63-65-67-69-71-75(81)77(83)78-73(72-79)76(82)74(80)70-68-66-64-62-60-58-56-54-52-50-48-46-44-42-32-30-28-26-24-22-20-18-16-14-12-10-8-6-4-2/h62,64,73-76,79-82H,3-61,63,65-72H2,1-2H3,(H,78,83)/b64-62+. The van der Waals surface area contributed by atoms with Crippen molar-refractivity contribution in [2.75, 3.05) is 6.61 Å². The van der Waals surface area contributed by atoms with Crippen LogP contribution >= 0.6 is 0 Å². The second-order valence-electron chi connectivity index (χ2n) is 27.1. The Morgan fingerprint density at radius 3 is 0.723 bits per heavy atom. The summed E-state index contributed by atoms with van der Waals surface area (Å²) in [4.78, 5) is 12.7. The van der Waals surface area contributed by atoms with Gasteiger partial charge in [0.05, 0.1) is 18.8 Å². The lowest BCUT2D eigenvalue weighted by Crippen LogP contribution is -2.53. The number of hydrogen-bond acceptors (Lipinski definition) is 5.